The number of carbonyl (C=O) groups is 1. The number of cyclic esters (lactones) is 1. The van der Waals surface area contributed by atoms with Crippen molar-refractivity contribution in [2.24, 2.45) is 34.5 Å². The lowest BCUT2D eigenvalue weighted by molar-refractivity contribution is -0.144. The van der Waals surface area contributed by atoms with Crippen molar-refractivity contribution in [3.63, 3.8) is 0 Å². The van der Waals surface area contributed by atoms with Gasteiger partial charge in [0, 0.05) is 12.6 Å². The van der Waals surface area contributed by atoms with Crippen molar-refractivity contribution in [2.45, 2.75) is 65.7 Å². The number of esters is 1. The quantitative estimate of drug-likeness (QED) is 0.604. The Labute approximate surface area is 180 Å². The van der Waals surface area contributed by atoms with Crippen molar-refractivity contribution in [3.05, 3.63) is 30.1 Å². The molecule has 1 aromatic rings. The van der Waals surface area contributed by atoms with E-state index in [1.54, 1.807) is 0 Å². The molecule has 30 heavy (non-hydrogen) atoms. The second-order valence-corrected chi connectivity index (χ2v) is 10.5. The minimum atomic E-state index is 0.00863. The highest BCUT2D eigenvalue weighted by Crippen LogP contribution is 2.66. The Morgan fingerprint density at radius 2 is 2.03 bits per heavy atom. The van der Waals surface area contributed by atoms with Crippen molar-refractivity contribution in [1.29, 1.82) is 0 Å². The Kier molecular flexibility index (Phi) is 4.95. The first-order valence-electron chi connectivity index (χ1n) is 11.9. The van der Waals surface area contributed by atoms with E-state index < -0.39 is 0 Å². The third-order valence-corrected chi connectivity index (χ3v) is 9.29. The summed E-state index contributed by atoms with van der Waals surface area (Å²) < 4.78 is 11.3. The fourth-order valence-corrected chi connectivity index (χ4v) is 7.66. The van der Waals surface area contributed by atoms with E-state index in [-0.39, 0.29) is 16.8 Å². The molecule has 162 valence electrons. The van der Waals surface area contributed by atoms with Gasteiger partial charge in [0.1, 0.15) is 5.75 Å². The molecule has 6 atom stereocenters. The standard InChI is InChI=1S/C26H35NO3/c1-4-29-19-13-17(14-27-15-19)21-7-8-22-20-6-5-18-16-30-24(28)10-12-25(18,2)23(20)9-11-26(21,22)3/h7,13-15,18,20,22-23H,4-6,8-12,16H2,1-3H3/t18-,20-,22-,23?,25-,26+/m0/s1. The first kappa shape index (κ1) is 20.1. The van der Waals surface area contributed by atoms with E-state index in [9.17, 15) is 4.79 Å². The molecule has 3 fully saturated rings. The Hall–Kier alpha value is -1.84. The van der Waals surface area contributed by atoms with Gasteiger partial charge in [0.05, 0.1) is 19.4 Å². The highest BCUT2D eigenvalue weighted by atomic mass is 16.5. The number of ether oxygens (including phenoxy) is 2. The number of pyridine rings is 1. The second kappa shape index (κ2) is 7.39. The van der Waals surface area contributed by atoms with E-state index in [2.05, 4.69) is 31.0 Å². The number of rotatable bonds is 3. The molecule has 2 saturated carbocycles. The van der Waals surface area contributed by atoms with E-state index in [1.165, 1.54) is 43.2 Å². The molecule has 1 unspecified atom stereocenters. The van der Waals surface area contributed by atoms with Crippen LogP contribution < -0.4 is 4.74 Å². The zero-order chi connectivity index (χ0) is 20.9. The molecule has 0 aromatic carbocycles. The lowest BCUT2D eigenvalue weighted by atomic mass is 9.46. The number of carbonyl (C=O) groups excluding carboxylic acids is 1. The molecule has 4 nitrogen and oxygen atoms in total. The summed E-state index contributed by atoms with van der Waals surface area (Å²) in [5, 5.41) is 0. The summed E-state index contributed by atoms with van der Waals surface area (Å²) in [5.41, 5.74) is 3.17. The summed E-state index contributed by atoms with van der Waals surface area (Å²) in [6.45, 7) is 8.29. The fourth-order valence-electron chi connectivity index (χ4n) is 7.66. The van der Waals surface area contributed by atoms with Crippen LogP contribution in [0.15, 0.2) is 24.5 Å². The van der Waals surface area contributed by atoms with Crippen molar-refractivity contribution in [3.8, 4) is 5.75 Å². The monoisotopic (exact) mass is 409 g/mol. The van der Waals surface area contributed by atoms with Gasteiger partial charge in [-0.3, -0.25) is 9.78 Å². The minimum absolute atomic E-state index is 0.00863. The summed E-state index contributed by atoms with van der Waals surface area (Å²) in [4.78, 5) is 16.5. The maximum absolute atomic E-state index is 12.0. The van der Waals surface area contributed by atoms with Crippen molar-refractivity contribution >= 4 is 11.5 Å². The summed E-state index contributed by atoms with van der Waals surface area (Å²) >= 11 is 0. The van der Waals surface area contributed by atoms with Crippen LogP contribution in [0.5, 0.6) is 5.75 Å². The van der Waals surface area contributed by atoms with Crippen molar-refractivity contribution in [1.82, 2.24) is 4.98 Å². The Morgan fingerprint density at radius 3 is 2.87 bits per heavy atom. The average molecular weight is 410 g/mol. The maximum Gasteiger partial charge on any atom is 0.305 e. The van der Waals surface area contributed by atoms with Crippen LogP contribution in [0.2, 0.25) is 0 Å². The molecule has 0 amide bonds. The summed E-state index contributed by atoms with van der Waals surface area (Å²) in [5.74, 6) is 3.57. The largest absolute Gasteiger partial charge is 0.492 e. The van der Waals surface area contributed by atoms with E-state index in [1.807, 2.05) is 19.3 Å². The highest BCUT2D eigenvalue weighted by Gasteiger charge is 2.58. The molecule has 1 aromatic heterocycles. The summed E-state index contributed by atoms with van der Waals surface area (Å²) in [6, 6.07) is 2.18. The third kappa shape index (κ3) is 3.01. The molecule has 0 bridgehead atoms. The van der Waals surface area contributed by atoms with Crippen LogP contribution in [0.1, 0.15) is 71.3 Å². The molecule has 2 heterocycles. The molecular formula is C26H35NO3. The van der Waals surface area contributed by atoms with Gasteiger partial charge in [0.2, 0.25) is 0 Å². The highest BCUT2D eigenvalue weighted by molar-refractivity contribution is 5.73. The first-order chi connectivity index (χ1) is 14.5. The van der Waals surface area contributed by atoms with Crippen LogP contribution in [0.25, 0.3) is 5.57 Å². The van der Waals surface area contributed by atoms with Gasteiger partial charge in [0.25, 0.3) is 0 Å². The SMILES string of the molecule is CCOc1cncc(C2=CC[C@H]3[C@@H]4CC[C@H]5COC(=O)CC[C@]5(C)C4CC[C@]23C)c1. The normalized spacial score (nSPS) is 40.4. The average Bonchev–Trinajstić information content (AvgIpc) is 3.01. The molecule has 0 spiro atoms. The molecule has 1 saturated heterocycles. The number of fused-ring (bicyclic) bond motifs is 5. The minimum Gasteiger partial charge on any atom is -0.492 e. The van der Waals surface area contributed by atoms with Crippen LogP contribution >= 0.6 is 0 Å². The molecular weight excluding hydrogens is 374 g/mol. The van der Waals surface area contributed by atoms with Gasteiger partial charge in [-0.2, -0.15) is 0 Å². The lowest BCUT2D eigenvalue weighted by Gasteiger charge is -2.58. The number of aromatic nitrogens is 1. The van der Waals surface area contributed by atoms with Crippen LogP contribution in [0, 0.1) is 34.5 Å². The number of hydrogen-bond acceptors (Lipinski definition) is 4. The smallest absolute Gasteiger partial charge is 0.305 e. The second-order valence-electron chi connectivity index (χ2n) is 10.5. The van der Waals surface area contributed by atoms with Crippen molar-refractivity contribution in [2.75, 3.05) is 13.2 Å². The van der Waals surface area contributed by atoms with Gasteiger partial charge in [-0.05, 0) is 97.2 Å². The molecule has 1 aliphatic heterocycles. The summed E-state index contributed by atoms with van der Waals surface area (Å²) in [7, 11) is 0. The fraction of sp³-hybridized carbons (Fsp3) is 0.692. The topological polar surface area (TPSA) is 48.4 Å². The number of allylic oxidation sites excluding steroid dienone is 2. The first-order valence-corrected chi connectivity index (χ1v) is 11.9. The Bertz CT molecular complexity index is 864. The third-order valence-electron chi connectivity index (χ3n) is 9.29. The predicted molar refractivity (Wildman–Crippen MR) is 117 cm³/mol. The van der Waals surface area contributed by atoms with Gasteiger partial charge >= 0.3 is 5.97 Å². The van der Waals surface area contributed by atoms with Crippen LogP contribution in [-0.4, -0.2) is 24.2 Å². The van der Waals surface area contributed by atoms with E-state index in [0.29, 0.717) is 37.4 Å². The van der Waals surface area contributed by atoms with Crippen LogP contribution in [0.4, 0.5) is 0 Å². The van der Waals surface area contributed by atoms with E-state index in [0.717, 1.165) is 18.1 Å². The molecule has 4 heteroatoms. The predicted octanol–water partition coefficient (Wildman–Crippen LogP) is 5.67. The lowest BCUT2D eigenvalue weighted by Crippen LogP contribution is -2.51. The van der Waals surface area contributed by atoms with Crippen LogP contribution in [-0.2, 0) is 9.53 Å². The Balaban J connectivity index is 1.42. The maximum atomic E-state index is 12.0. The van der Waals surface area contributed by atoms with Gasteiger partial charge in [-0.1, -0.05) is 19.9 Å². The van der Waals surface area contributed by atoms with Crippen molar-refractivity contribution < 1.29 is 14.3 Å². The zero-order valence-corrected chi connectivity index (χ0v) is 18.7. The molecule has 3 aliphatic carbocycles. The van der Waals surface area contributed by atoms with E-state index >= 15 is 0 Å². The molecule has 0 radical (unpaired) electrons. The number of hydrogen-bond donors (Lipinski definition) is 0. The number of nitrogens with zero attached hydrogens (tertiary/aromatic N) is 1. The summed E-state index contributed by atoms with van der Waals surface area (Å²) in [6.07, 6.45) is 14.1. The zero-order valence-electron chi connectivity index (χ0n) is 18.7. The van der Waals surface area contributed by atoms with Gasteiger partial charge in [0.15, 0.2) is 0 Å². The molecule has 4 aliphatic rings. The van der Waals surface area contributed by atoms with Gasteiger partial charge in [-0.25, -0.2) is 0 Å². The molecule has 0 N–H and O–H groups in total. The van der Waals surface area contributed by atoms with Gasteiger partial charge in [-0.15, -0.1) is 0 Å². The Morgan fingerprint density at radius 1 is 1.17 bits per heavy atom. The van der Waals surface area contributed by atoms with E-state index in [4.69, 9.17) is 9.47 Å². The molecule has 5 rings (SSSR count). The van der Waals surface area contributed by atoms with Crippen LogP contribution in [0.3, 0.4) is 0 Å². The van der Waals surface area contributed by atoms with Gasteiger partial charge < -0.3 is 9.47 Å².